The molecular weight excluding hydrogens is 333 g/mol. The highest BCUT2D eigenvalue weighted by Gasteiger charge is 2.11. The average Bonchev–Trinajstić information content (AvgIpc) is 2.64. The first kappa shape index (κ1) is 17.1. The largest absolute Gasteiger partial charge is 0.399 e. The SMILES string of the molecule is NN=Nc1ccc(-c2ccc(F)cc2)cc1NC(=O)c1ccc(N)cc1. The summed E-state index contributed by atoms with van der Waals surface area (Å²) < 4.78 is 13.1. The van der Waals surface area contributed by atoms with Gasteiger partial charge in [-0.05, 0) is 59.7 Å². The molecule has 3 rings (SSSR count). The monoisotopic (exact) mass is 349 g/mol. The Balaban J connectivity index is 1.95. The maximum atomic E-state index is 13.1. The number of nitrogens with one attached hydrogen (secondary N) is 1. The van der Waals surface area contributed by atoms with Crippen molar-refractivity contribution in [3.8, 4) is 11.1 Å². The number of nitrogens with two attached hydrogens (primary N) is 2. The van der Waals surface area contributed by atoms with E-state index in [2.05, 4.69) is 15.7 Å². The highest BCUT2D eigenvalue weighted by Crippen LogP contribution is 2.31. The van der Waals surface area contributed by atoms with E-state index in [1.807, 2.05) is 0 Å². The van der Waals surface area contributed by atoms with Crippen molar-refractivity contribution < 1.29 is 9.18 Å². The molecule has 0 unspecified atom stereocenters. The summed E-state index contributed by atoms with van der Waals surface area (Å²) in [4.78, 5) is 12.5. The van der Waals surface area contributed by atoms with Gasteiger partial charge in [0.25, 0.3) is 5.91 Å². The number of benzene rings is 3. The Morgan fingerprint density at radius 1 is 0.923 bits per heavy atom. The molecule has 6 nitrogen and oxygen atoms in total. The summed E-state index contributed by atoms with van der Waals surface area (Å²) in [7, 11) is 0. The predicted molar refractivity (Wildman–Crippen MR) is 99.3 cm³/mol. The normalized spacial score (nSPS) is 10.8. The molecule has 0 spiro atoms. The van der Waals surface area contributed by atoms with Crippen molar-refractivity contribution in [1.82, 2.24) is 0 Å². The summed E-state index contributed by atoms with van der Waals surface area (Å²) in [6.45, 7) is 0. The van der Waals surface area contributed by atoms with E-state index in [9.17, 15) is 9.18 Å². The van der Waals surface area contributed by atoms with Crippen LogP contribution in [0.15, 0.2) is 77.1 Å². The third-order valence-corrected chi connectivity index (χ3v) is 3.76. The minimum absolute atomic E-state index is 0.320. The fraction of sp³-hybridized carbons (Fsp3) is 0. The summed E-state index contributed by atoms with van der Waals surface area (Å²) in [5.74, 6) is 4.50. The summed E-state index contributed by atoms with van der Waals surface area (Å²) in [5, 5.41) is 9.89. The number of amides is 1. The van der Waals surface area contributed by atoms with Crippen LogP contribution in [0.4, 0.5) is 21.5 Å². The number of nitrogen functional groups attached to an aromatic ring is 1. The lowest BCUT2D eigenvalue weighted by Gasteiger charge is -2.10. The van der Waals surface area contributed by atoms with Crippen LogP contribution in [0.5, 0.6) is 0 Å². The lowest BCUT2D eigenvalue weighted by atomic mass is 10.0. The lowest BCUT2D eigenvalue weighted by molar-refractivity contribution is 0.102. The predicted octanol–water partition coefficient (Wildman–Crippen LogP) is 4.28. The van der Waals surface area contributed by atoms with Gasteiger partial charge in [0, 0.05) is 11.3 Å². The Labute approximate surface area is 149 Å². The van der Waals surface area contributed by atoms with Crippen molar-refractivity contribution in [1.29, 1.82) is 0 Å². The van der Waals surface area contributed by atoms with Gasteiger partial charge in [0.05, 0.1) is 5.69 Å². The van der Waals surface area contributed by atoms with Gasteiger partial charge in [0.2, 0.25) is 0 Å². The van der Waals surface area contributed by atoms with Crippen LogP contribution in [-0.4, -0.2) is 5.91 Å². The van der Waals surface area contributed by atoms with Crippen LogP contribution in [0.25, 0.3) is 11.1 Å². The van der Waals surface area contributed by atoms with Gasteiger partial charge in [0.1, 0.15) is 11.5 Å². The highest BCUT2D eigenvalue weighted by atomic mass is 19.1. The van der Waals surface area contributed by atoms with Crippen molar-refractivity contribution in [3.63, 3.8) is 0 Å². The maximum Gasteiger partial charge on any atom is 0.255 e. The number of hydrogen-bond acceptors (Lipinski definition) is 4. The number of carbonyl (C=O) groups is 1. The van der Waals surface area contributed by atoms with Gasteiger partial charge in [0.15, 0.2) is 0 Å². The molecule has 3 aromatic carbocycles. The third kappa shape index (κ3) is 3.84. The topological polar surface area (TPSA) is 106 Å². The number of nitrogens with zero attached hydrogens (tertiary/aromatic N) is 2. The zero-order valence-electron chi connectivity index (χ0n) is 13.7. The Hall–Kier alpha value is -3.74. The molecule has 0 atom stereocenters. The zero-order valence-corrected chi connectivity index (χ0v) is 13.7. The molecule has 0 bridgehead atoms. The second kappa shape index (κ2) is 7.43. The van der Waals surface area contributed by atoms with Crippen LogP contribution >= 0.6 is 0 Å². The van der Waals surface area contributed by atoms with Crippen LogP contribution in [-0.2, 0) is 0 Å². The summed E-state index contributed by atoms with van der Waals surface area (Å²) in [6.07, 6.45) is 0. The molecule has 1 amide bonds. The number of hydrogen-bond donors (Lipinski definition) is 3. The molecule has 3 aromatic rings. The highest BCUT2D eigenvalue weighted by molar-refractivity contribution is 6.06. The Bertz CT molecular complexity index is 953. The summed E-state index contributed by atoms with van der Waals surface area (Å²) >= 11 is 0. The molecule has 130 valence electrons. The van der Waals surface area contributed by atoms with Crippen LogP contribution in [0.2, 0.25) is 0 Å². The smallest absolute Gasteiger partial charge is 0.255 e. The molecule has 26 heavy (non-hydrogen) atoms. The third-order valence-electron chi connectivity index (χ3n) is 3.76. The number of rotatable bonds is 4. The van der Waals surface area contributed by atoms with Crippen molar-refractivity contribution in [3.05, 3.63) is 78.1 Å². The molecule has 5 N–H and O–H groups in total. The lowest BCUT2D eigenvalue weighted by Crippen LogP contribution is -2.12. The molecule has 7 heteroatoms. The fourth-order valence-corrected chi connectivity index (χ4v) is 2.44. The van der Waals surface area contributed by atoms with E-state index in [1.165, 1.54) is 12.1 Å². The second-order valence-corrected chi connectivity index (χ2v) is 5.53. The van der Waals surface area contributed by atoms with Crippen molar-refractivity contribution in [2.45, 2.75) is 0 Å². The minimum atomic E-state index is -0.324. The standard InChI is InChI=1S/C19H16FN5O/c20-15-6-1-12(2-7-15)14-5-10-17(24-25-22)18(11-14)23-19(26)13-3-8-16(21)9-4-13/h1-11H,21H2,(H2,22,24)(H,23,26). The summed E-state index contributed by atoms with van der Waals surface area (Å²) in [6, 6.07) is 17.8. The quantitative estimate of drug-likeness (QED) is 0.283. The van der Waals surface area contributed by atoms with Gasteiger partial charge < -0.3 is 16.9 Å². The average molecular weight is 349 g/mol. The van der Waals surface area contributed by atoms with Gasteiger partial charge in [-0.2, -0.15) is 0 Å². The number of anilines is 2. The van der Waals surface area contributed by atoms with E-state index in [0.717, 1.165) is 11.1 Å². The van der Waals surface area contributed by atoms with Gasteiger partial charge >= 0.3 is 0 Å². The minimum Gasteiger partial charge on any atom is -0.399 e. The van der Waals surface area contributed by atoms with E-state index >= 15 is 0 Å². The molecule has 0 fully saturated rings. The molecule has 0 radical (unpaired) electrons. The first-order valence-corrected chi connectivity index (χ1v) is 7.74. The first-order valence-electron chi connectivity index (χ1n) is 7.74. The van der Waals surface area contributed by atoms with E-state index in [1.54, 1.807) is 54.6 Å². The van der Waals surface area contributed by atoms with Crippen LogP contribution in [0.3, 0.4) is 0 Å². The van der Waals surface area contributed by atoms with Crippen LogP contribution < -0.4 is 16.9 Å². The Kier molecular flexibility index (Phi) is 4.89. The molecule has 0 saturated carbocycles. The molecule has 0 aliphatic heterocycles. The van der Waals surface area contributed by atoms with E-state index in [0.29, 0.717) is 22.6 Å². The molecule has 0 heterocycles. The molecule has 0 aliphatic carbocycles. The molecule has 0 aliphatic rings. The Morgan fingerprint density at radius 2 is 1.58 bits per heavy atom. The van der Waals surface area contributed by atoms with Gasteiger partial charge in [-0.15, -0.1) is 5.11 Å². The van der Waals surface area contributed by atoms with Gasteiger partial charge in [-0.3, -0.25) is 4.79 Å². The summed E-state index contributed by atoms with van der Waals surface area (Å²) in [5.41, 5.74) is 9.07. The number of carbonyl (C=O) groups excluding carboxylic acids is 1. The maximum absolute atomic E-state index is 13.1. The van der Waals surface area contributed by atoms with Crippen LogP contribution in [0.1, 0.15) is 10.4 Å². The number of halogens is 1. The van der Waals surface area contributed by atoms with Crippen LogP contribution in [0, 0.1) is 5.82 Å². The molecular formula is C19H16FN5O. The first-order chi connectivity index (χ1) is 12.6. The zero-order chi connectivity index (χ0) is 18.5. The fourth-order valence-electron chi connectivity index (χ4n) is 2.44. The van der Waals surface area contributed by atoms with Crippen molar-refractivity contribution >= 4 is 23.0 Å². The van der Waals surface area contributed by atoms with Gasteiger partial charge in [-0.25, -0.2) is 4.39 Å². The van der Waals surface area contributed by atoms with E-state index < -0.39 is 0 Å². The van der Waals surface area contributed by atoms with Crippen molar-refractivity contribution in [2.75, 3.05) is 11.1 Å². The van der Waals surface area contributed by atoms with Gasteiger partial charge in [-0.1, -0.05) is 23.4 Å². The van der Waals surface area contributed by atoms with E-state index in [-0.39, 0.29) is 11.7 Å². The van der Waals surface area contributed by atoms with E-state index in [4.69, 9.17) is 11.6 Å². The molecule has 0 aromatic heterocycles. The van der Waals surface area contributed by atoms with Crippen molar-refractivity contribution in [2.24, 2.45) is 16.2 Å². The second-order valence-electron chi connectivity index (χ2n) is 5.53. The molecule has 0 saturated heterocycles. The Morgan fingerprint density at radius 3 is 2.23 bits per heavy atom.